The Morgan fingerprint density at radius 1 is 1.23 bits per heavy atom. The molecule has 5 rings (SSSR count). The average Bonchev–Trinajstić information content (AvgIpc) is 3.45. The number of halogens is 1. The lowest BCUT2D eigenvalue weighted by atomic mass is 10.1. The summed E-state index contributed by atoms with van der Waals surface area (Å²) in [5.41, 5.74) is 10.3. The van der Waals surface area contributed by atoms with Crippen LogP contribution >= 0.6 is 11.6 Å². The number of nitrogens with one attached hydrogen (secondary N) is 2. The van der Waals surface area contributed by atoms with Gasteiger partial charge in [0.05, 0.1) is 37.5 Å². The van der Waals surface area contributed by atoms with Crippen LogP contribution in [0.4, 0.5) is 5.82 Å². The van der Waals surface area contributed by atoms with E-state index < -0.39 is 0 Å². The van der Waals surface area contributed by atoms with Crippen molar-refractivity contribution >= 4 is 45.4 Å². The van der Waals surface area contributed by atoms with E-state index in [1.807, 2.05) is 22.8 Å². The first-order valence-corrected chi connectivity index (χ1v) is 9.83. The van der Waals surface area contributed by atoms with Crippen molar-refractivity contribution in [2.45, 2.75) is 13.1 Å². The molecule has 1 amide bonds. The van der Waals surface area contributed by atoms with Gasteiger partial charge in [-0.15, -0.1) is 0 Å². The number of hydrogen-bond donors (Lipinski definition) is 3. The molecule has 0 atom stereocenters. The van der Waals surface area contributed by atoms with Crippen LogP contribution < -0.4 is 11.1 Å². The van der Waals surface area contributed by atoms with Crippen LogP contribution in [0.5, 0.6) is 0 Å². The van der Waals surface area contributed by atoms with Crippen molar-refractivity contribution in [2.24, 2.45) is 7.05 Å². The van der Waals surface area contributed by atoms with Gasteiger partial charge in [0.1, 0.15) is 17.5 Å². The fourth-order valence-electron chi connectivity index (χ4n) is 3.60. The molecular formula is C20H18ClN9O. The van der Waals surface area contributed by atoms with Crippen molar-refractivity contribution in [3.63, 3.8) is 0 Å². The van der Waals surface area contributed by atoms with Crippen molar-refractivity contribution in [1.29, 1.82) is 0 Å². The Hall–Kier alpha value is -3.92. The minimum Gasteiger partial charge on any atom is -0.382 e. The SMILES string of the molecule is Cn1cncc1C(=O)NCc1cc2cc(Cl)cc(Cn3cnc4c(N)ncnc43)c2[nH]1. The summed E-state index contributed by atoms with van der Waals surface area (Å²) < 4.78 is 3.56. The molecule has 0 aliphatic rings. The van der Waals surface area contributed by atoms with Crippen LogP contribution in [0.3, 0.4) is 0 Å². The Bertz CT molecular complexity index is 1430. The summed E-state index contributed by atoms with van der Waals surface area (Å²) in [7, 11) is 1.78. The number of nitrogens with zero attached hydrogens (tertiary/aromatic N) is 6. The molecule has 4 heterocycles. The highest BCUT2D eigenvalue weighted by Gasteiger charge is 2.14. The standard InChI is InChI=1S/C20H18ClN9O/c1-29-9-23-6-15(29)20(31)24-5-14-4-11-2-13(21)3-12(16(11)28-14)7-30-10-27-17-18(22)25-8-26-19(17)30/h2-4,6,8-10,28H,5,7H2,1H3,(H,24,31)(H2,22,25,26). The number of hydrogen-bond acceptors (Lipinski definition) is 6. The van der Waals surface area contributed by atoms with Crippen LogP contribution in [0, 0.1) is 0 Å². The summed E-state index contributed by atoms with van der Waals surface area (Å²) in [6.45, 7) is 0.832. The van der Waals surface area contributed by atoms with E-state index in [-0.39, 0.29) is 5.91 Å². The van der Waals surface area contributed by atoms with Crippen LogP contribution in [0.2, 0.25) is 5.02 Å². The van der Waals surface area contributed by atoms with E-state index in [9.17, 15) is 4.79 Å². The van der Waals surface area contributed by atoms with Gasteiger partial charge in [0.25, 0.3) is 5.91 Å². The van der Waals surface area contributed by atoms with E-state index in [2.05, 4.69) is 30.2 Å². The van der Waals surface area contributed by atoms with Crippen molar-refractivity contribution in [3.8, 4) is 0 Å². The molecule has 5 aromatic rings. The number of aromatic amines is 1. The Labute approximate surface area is 181 Å². The molecule has 0 unspecified atom stereocenters. The number of fused-ring (bicyclic) bond motifs is 2. The van der Waals surface area contributed by atoms with Crippen molar-refractivity contribution < 1.29 is 4.79 Å². The maximum absolute atomic E-state index is 12.4. The molecule has 4 aromatic heterocycles. The first-order chi connectivity index (χ1) is 15.0. The van der Waals surface area contributed by atoms with Crippen LogP contribution in [-0.4, -0.2) is 40.0 Å². The first-order valence-electron chi connectivity index (χ1n) is 9.45. The van der Waals surface area contributed by atoms with E-state index in [0.29, 0.717) is 40.8 Å². The second kappa shape index (κ2) is 7.40. The molecule has 0 radical (unpaired) electrons. The second-order valence-electron chi connectivity index (χ2n) is 7.20. The van der Waals surface area contributed by atoms with Crippen molar-refractivity contribution in [3.05, 3.63) is 65.4 Å². The molecule has 4 N–H and O–H groups in total. The van der Waals surface area contributed by atoms with E-state index in [1.54, 1.807) is 24.3 Å². The maximum atomic E-state index is 12.4. The zero-order valence-corrected chi connectivity index (χ0v) is 17.3. The summed E-state index contributed by atoms with van der Waals surface area (Å²) in [4.78, 5) is 32.3. The summed E-state index contributed by atoms with van der Waals surface area (Å²) in [5.74, 6) is 0.144. The fourth-order valence-corrected chi connectivity index (χ4v) is 3.85. The molecule has 0 aliphatic carbocycles. The third-order valence-electron chi connectivity index (χ3n) is 5.09. The molecule has 156 valence electrons. The Morgan fingerprint density at radius 2 is 2.10 bits per heavy atom. The monoisotopic (exact) mass is 435 g/mol. The predicted octanol–water partition coefficient (Wildman–Crippen LogP) is 2.25. The van der Waals surface area contributed by atoms with E-state index in [4.69, 9.17) is 17.3 Å². The zero-order valence-electron chi connectivity index (χ0n) is 16.5. The normalized spacial score (nSPS) is 11.4. The minimum atomic E-state index is -0.195. The van der Waals surface area contributed by atoms with Crippen molar-refractivity contribution in [1.82, 2.24) is 39.4 Å². The van der Waals surface area contributed by atoms with E-state index >= 15 is 0 Å². The fraction of sp³-hybridized carbons (Fsp3) is 0.150. The molecule has 0 aliphatic heterocycles. The molecule has 11 heteroatoms. The third kappa shape index (κ3) is 3.46. The number of carbonyl (C=O) groups is 1. The molecular weight excluding hydrogens is 418 g/mol. The Morgan fingerprint density at radius 3 is 2.90 bits per heavy atom. The van der Waals surface area contributed by atoms with Gasteiger partial charge in [-0.3, -0.25) is 4.79 Å². The number of carbonyl (C=O) groups excluding carboxylic acids is 1. The molecule has 0 fully saturated rings. The summed E-state index contributed by atoms with van der Waals surface area (Å²) in [6, 6.07) is 5.75. The number of aryl methyl sites for hydroxylation is 1. The lowest BCUT2D eigenvalue weighted by molar-refractivity contribution is 0.0942. The van der Waals surface area contributed by atoms with E-state index in [0.717, 1.165) is 22.2 Å². The highest BCUT2D eigenvalue weighted by molar-refractivity contribution is 6.31. The van der Waals surface area contributed by atoms with Gasteiger partial charge in [-0.25, -0.2) is 19.9 Å². The third-order valence-corrected chi connectivity index (χ3v) is 5.31. The van der Waals surface area contributed by atoms with E-state index in [1.165, 1.54) is 12.5 Å². The van der Waals surface area contributed by atoms with Gasteiger partial charge in [-0.2, -0.15) is 0 Å². The number of nitrogens with two attached hydrogens (primary N) is 1. The highest BCUT2D eigenvalue weighted by Crippen LogP contribution is 2.26. The van der Waals surface area contributed by atoms with Gasteiger partial charge in [0.2, 0.25) is 0 Å². The first kappa shape index (κ1) is 19.1. The van der Waals surface area contributed by atoms with Crippen molar-refractivity contribution in [2.75, 3.05) is 5.73 Å². The molecule has 0 saturated heterocycles. The van der Waals surface area contributed by atoms with Gasteiger partial charge < -0.3 is 25.2 Å². The number of benzene rings is 1. The lowest BCUT2D eigenvalue weighted by Crippen LogP contribution is -2.24. The molecule has 0 bridgehead atoms. The molecule has 1 aromatic carbocycles. The quantitative estimate of drug-likeness (QED) is 0.388. The topological polar surface area (TPSA) is 132 Å². The van der Waals surface area contributed by atoms with Crippen LogP contribution in [-0.2, 0) is 20.1 Å². The van der Waals surface area contributed by atoms with Crippen LogP contribution in [0.15, 0.2) is 43.4 Å². The van der Waals surface area contributed by atoms with Gasteiger partial charge in [0, 0.05) is 23.2 Å². The smallest absolute Gasteiger partial charge is 0.269 e. The largest absolute Gasteiger partial charge is 0.382 e. The number of amides is 1. The number of anilines is 1. The summed E-state index contributed by atoms with van der Waals surface area (Å²) in [6.07, 6.45) is 6.22. The Kier molecular flexibility index (Phi) is 4.55. The average molecular weight is 436 g/mol. The molecule has 31 heavy (non-hydrogen) atoms. The Balaban J connectivity index is 1.44. The zero-order chi connectivity index (χ0) is 21.5. The highest BCUT2D eigenvalue weighted by atomic mass is 35.5. The maximum Gasteiger partial charge on any atom is 0.269 e. The van der Waals surface area contributed by atoms with Gasteiger partial charge in [-0.1, -0.05) is 11.6 Å². The minimum absolute atomic E-state index is 0.195. The number of rotatable bonds is 5. The van der Waals surface area contributed by atoms with Gasteiger partial charge in [-0.05, 0) is 23.8 Å². The predicted molar refractivity (Wildman–Crippen MR) is 117 cm³/mol. The summed E-state index contributed by atoms with van der Waals surface area (Å²) in [5, 5.41) is 4.47. The second-order valence-corrected chi connectivity index (χ2v) is 7.64. The summed E-state index contributed by atoms with van der Waals surface area (Å²) >= 11 is 6.37. The van der Waals surface area contributed by atoms with Gasteiger partial charge >= 0.3 is 0 Å². The van der Waals surface area contributed by atoms with Crippen LogP contribution in [0.1, 0.15) is 21.7 Å². The number of aromatic nitrogens is 7. The number of H-pyrrole nitrogens is 1. The van der Waals surface area contributed by atoms with Crippen LogP contribution in [0.25, 0.3) is 22.1 Å². The molecule has 10 nitrogen and oxygen atoms in total. The molecule has 0 saturated carbocycles. The molecule has 0 spiro atoms. The number of nitrogen functional groups attached to an aromatic ring is 1. The lowest BCUT2D eigenvalue weighted by Gasteiger charge is -2.07. The number of imidazole rings is 2. The van der Waals surface area contributed by atoms with Gasteiger partial charge in [0.15, 0.2) is 11.5 Å².